The van der Waals surface area contributed by atoms with Crippen molar-refractivity contribution in [3.8, 4) is 11.5 Å². The second-order valence-electron chi connectivity index (χ2n) is 8.34. The Bertz CT molecular complexity index is 1250. The molecule has 0 bridgehead atoms. The molecule has 1 saturated heterocycles. The van der Waals surface area contributed by atoms with Gasteiger partial charge < -0.3 is 15.4 Å². The Morgan fingerprint density at radius 3 is 2.58 bits per heavy atom. The van der Waals surface area contributed by atoms with Gasteiger partial charge in [-0.2, -0.15) is 0 Å². The van der Waals surface area contributed by atoms with Crippen LogP contribution >= 0.6 is 0 Å². The molecule has 1 heterocycles. The lowest BCUT2D eigenvalue weighted by molar-refractivity contribution is -0.134. The molecule has 0 saturated carbocycles. The number of fused-ring (bicyclic) bond motifs is 2. The molecule has 0 aromatic heterocycles. The van der Waals surface area contributed by atoms with Gasteiger partial charge in [-0.25, -0.2) is 4.79 Å². The minimum absolute atomic E-state index is 0.381. The normalized spacial score (nSPS) is 18.9. The summed E-state index contributed by atoms with van der Waals surface area (Å²) in [6.45, 7) is 1.61. The van der Waals surface area contributed by atoms with E-state index in [4.69, 9.17) is 4.74 Å². The number of ether oxygens (including phenoxy) is 1. The van der Waals surface area contributed by atoms with E-state index in [1.54, 1.807) is 24.3 Å². The standard InChI is InChI=1S/C26H23N3O4/c1-17-10-12-19(13-11-17)33-22-9-5-4-8-21(22)27-23(30)16-29-24(31)26(28-25(29)32)15-14-18-6-2-3-7-20(18)26/h2-13H,14-16H2,1H3,(H,27,30)(H,28,32). The van der Waals surface area contributed by atoms with Gasteiger partial charge >= 0.3 is 6.03 Å². The van der Waals surface area contributed by atoms with Crippen LogP contribution in [0.1, 0.15) is 23.1 Å². The first-order valence-electron chi connectivity index (χ1n) is 10.8. The van der Waals surface area contributed by atoms with Crippen LogP contribution < -0.4 is 15.4 Å². The molecule has 166 valence electrons. The quantitative estimate of drug-likeness (QED) is 0.583. The molecular formula is C26H23N3O4. The van der Waals surface area contributed by atoms with Gasteiger partial charge in [0.1, 0.15) is 17.8 Å². The molecule has 1 aliphatic heterocycles. The van der Waals surface area contributed by atoms with E-state index in [2.05, 4.69) is 10.6 Å². The van der Waals surface area contributed by atoms with Crippen LogP contribution in [0.4, 0.5) is 10.5 Å². The van der Waals surface area contributed by atoms with Crippen LogP contribution in [0.2, 0.25) is 0 Å². The van der Waals surface area contributed by atoms with Gasteiger partial charge in [0.25, 0.3) is 5.91 Å². The van der Waals surface area contributed by atoms with Gasteiger partial charge in [-0.1, -0.05) is 54.1 Å². The summed E-state index contributed by atoms with van der Waals surface area (Å²) in [5, 5.41) is 5.61. The summed E-state index contributed by atoms with van der Waals surface area (Å²) >= 11 is 0. The summed E-state index contributed by atoms with van der Waals surface area (Å²) in [5.41, 5.74) is 2.33. The zero-order chi connectivity index (χ0) is 23.0. The number of para-hydroxylation sites is 2. The molecule has 5 rings (SSSR count). The highest BCUT2D eigenvalue weighted by Gasteiger charge is 2.55. The van der Waals surface area contributed by atoms with Crippen LogP contribution in [0, 0.1) is 6.92 Å². The van der Waals surface area contributed by atoms with Crippen molar-refractivity contribution in [3.05, 3.63) is 89.5 Å². The number of carbonyl (C=O) groups excluding carboxylic acids is 3. The highest BCUT2D eigenvalue weighted by molar-refractivity contribution is 6.11. The molecule has 2 aliphatic rings. The van der Waals surface area contributed by atoms with Gasteiger partial charge in [-0.3, -0.25) is 14.5 Å². The molecule has 1 atom stereocenters. The Morgan fingerprint density at radius 1 is 1.03 bits per heavy atom. The number of amides is 4. The first-order chi connectivity index (χ1) is 16.0. The number of urea groups is 1. The molecule has 7 heteroatoms. The minimum Gasteiger partial charge on any atom is -0.455 e. The number of rotatable bonds is 5. The number of carbonyl (C=O) groups is 3. The molecule has 1 unspecified atom stereocenters. The largest absolute Gasteiger partial charge is 0.455 e. The molecule has 2 N–H and O–H groups in total. The summed E-state index contributed by atoms with van der Waals surface area (Å²) < 4.78 is 5.92. The third-order valence-electron chi connectivity index (χ3n) is 6.13. The predicted octanol–water partition coefficient (Wildman–Crippen LogP) is 4.12. The van der Waals surface area contributed by atoms with Crippen molar-refractivity contribution in [1.82, 2.24) is 10.2 Å². The van der Waals surface area contributed by atoms with Gasteiger partial charge in [-0.05, 0) is 55.2 Å². The molecule has 3 aromatic rings. The van der Waals surface area contributed by atoms with Crippen LogP contribution in [-0.2, 0) is 21.5 Å². The van der Waals surface area contributed by atoms with Crippen molar-refractivity contribution in [2.45, 2.75) is 25.3 Å². The van der Waals surface area contributed by atoms with Gasteiger partial charge in [0.15, 0.2) is 5.75 Å². The van der Waals surface area contributed by atoms with Gasteiger partial charge in [-0.15, -0.1) is 0 Å². The number of hydrogen-bond donors (Lipinski definition) is 2. The average Bonchev–Trinajstić information content (AvgIpc) is 3.30. The van der Waals surface area contributed by atoms with Crippen molar-refractivity contribution >= 4 is 23.5 Å². The maximum Gasteiger partial charge on any atom is 0.325 e. The Balaban J connectivity index is 1.31. The third-order valence-corrected chi connectivity index (χ3v) is 6.13. The van der Waals surface area contributed by atoms with E-state index < -0.39 is 23.4 Å². The maximum atomic E-state index is 13.3. The number of aryl methyl sites for hydroxylation is 2. The lowest BCUT2D eigenvalue weighted by Gasteiger charge is -2.22. The topological polar surface area (TPSA) is 87.7 Å². The van der Waals surface area contributed by atoms with Crippen LogP contribution in [0.25, 0.3) is 0 Å². The van der Waals surface area contributed by atoms with E-state index in [1.165, 1.54) is 0 Å². The first-order valence-corrected chi connectivity index (χ1v) is 10.8. The van der Waals surface area contributed by atoms with Gasteiger partial charge in [0.05, 0.1) is 5.69 Å². The SMILES string of the molecule is Cc1ccc(Oc2ccccc2NC(=O)CN2C(=O)NC3(CCc4ccccc43)C2=O)cc1. The fourth-order valence-electron chi connectivity index (χ4n) is 4.46. The highest BCUT2D eigenvalue weighted by atomic mass is 16.5. The molecule has 1 fully saturated rings. The fraction of sp³-hybridized carbons (Fsp3) is 0.192. The van der Waals surface area contributed by atoms with Crippen molar-refractivity contribution < 1.29 is 19.1 Å². The van der Waals surface area contributed by atoms with Crippen molar-refractivity contribution in [3.63, 3.8) is 0 Å². The van der Waals surface area contributed by atoms with E-state index >= 15 is 0 Å². The predicted molar refractivity (Wildman–Crippen MR) is 123 cm³/mol. The Morgan fingerprint density at radius 2 is 1.76 bits per heavy atom. The third kappa shape index (κ3) is 3.71. The van der Waals surface area contributed by atoms with E-state index in [9.17, 15) is 14.4 Å². The number of anilines is 1. The van der Waals surface area contributed by atoms with Gasteiger partial charge in [0, 0.05) is 0 Å². The average molecular weight is 441 g/mol. The highest BCUT2D eigenvalue weighted by Crippen LogP contribution is 2.41. The molecule has 1 spiro atoms. The first kappa shape index (κ1) is 20.8. The van der Waals surface area contributed by atoms with E-state index in [1.807, 2.05) is 55.5 Å². The van der Waals surface area contributed by atoms with E-state index in [-0.39, 0.29) is 6.54 Å². The van der Waals surface area contributed by atoms with Crippen LogP contribution in [-0.4, -0.2) is 29.3 Å². The summed E-state index contributed by atoms with van der Waals surface area (Å²) in [7, 11) is 0. The van der Waals surface area contributed by atoms with E-state index in [0.29, 0.717) is 30.0 Å². The molecule has 33 heavy (non-hydrogen) atoms. The lowest BCUT2D eigenvalue weighted by Crippen LogP contribution is -2.43. The number of benzene rings is 3. The smallest absolute Gasteiger partial charge is 0.325 e. The maximum absolute atomic E-state index is 13.3. The molecule has 3 aromatic carbocycles. The monoisotopic (exact) mass is 441 g/mol. The van der Waals surface area contributed by atoms with Gasteiger partial charge in [0.2, 0.25) is 5.91 Å². The van der Waals surface area contributed by atoms with Crippen LogP contribution in [0.5, 0.6) is 11.5 Å². The zero-order valence-corrected chi connectivity index (χ0v) is 18.1. The molecule has 7 nitrogen and oxygen atoms in total. The Labute approximate surface area is 191 Å². The number of nitrogens with zero attached hydrogens (tertiary/aromatic N) is 1. The molecule has 0 radical (unpaired) electrons. The summed E-state index contributed by atoms with van der Waals surface area (Å²) in [5.74, 6) is 0.227. The summed E-state index contributed by atoms with van der Waals surface area (Å²) in [6.07, 6.45) is 1.19. The Kier molecular flexibility index (Phi) is 5.09. The minimum atomic E-state index is -1.08. The van der Waals surface area contributed by atoms with Crippen molar-refractivity contribution in [2.75, 3.05) is 11.9 Å². The fourth-order valence-corrected chi connectivity index (χ4v) is 4.46. The van der Waals surface area contributed by atoms with Crippen LogP contribution in [0.3, 0.4) is 0 Å². The molecular weight excluding hydrogens is 418 g/mol. The second kappa shape index (κ2) is 8.09. The number of hydrogen-bond acceptors (Lipinski definition) is 4. The summed E-state index contributed by atoms with van der Waals surface area (Å²) in [6, 6.07) is 21.6. The lowest BCUT2D eigenvalue weighted by atomic mass is 9.92. The van der Waals surface area contributed by atoms with Crippen LogP contribution in [0.15, 0.2) is 72.8 Å². The molecule has 1 aliphatic carbocycles. The van der Waals surface area contributed by atoms with E-state index in [0.717, 1.165) is 21.6 Å². The number of nitrogens with one attached hydrogen (secondary N) is 2. The summed E-state index contributed by atoms with van der Waals surface area (Å²) in [4.78, 5) is 39.7. The zero-order valence-electron chi connectivity index (χ0n) is 18.1. The van der Waals surface area contributed by atoms with Crippen molar-refractivity contribution in [1.29, 1.82) is 0 Å². The second-order valence-corrected chi connectivity index (χ2v) is 8.34. The van der Waals surface area contributed by atoms with Crippen molar-refractivity contribution in [2.24, 2.45) is 0 Å². The molecule has 4 amide bonds. The Hall–Kier alpha value is -4.13. The number of imide groups is 1.